The standard InChI is InChI=1S/C8H6BFO2/c1-5(11)12-6-2-3-7(9)8(10)4-6/h2-4H,1H3. The Bertz CT molecular complexity index is 312. The predicted octanol–water partition coefficient (Wildman–Crippen LogP) is 0.545. The van der Waals surface area contributed by atoms with Crippen LogP contribution in [0.5, 0.6) is 5.75 Å². The van der Waals surface area contributed by atoms with Gasteiger partial charge in [0.05, 0.1) is 0 Å². The number of halogens is 1. The molecule has 0 heterocycles. The van der Waals surface area contributed by atoms with Crippen molar-refractivity contribution in [3.8, 4) is 5.75 Å². The molecule has 2 nitrogen and oxygen atoms in total. The van der Waals surface area contributed by atoms with Crippen molar-refractivity contribution in [1.29, 1.82) is 0 Å². The molecule has 0 spiro atoms. The first-order valence-electron chi connectivity index (χ1n) is 3.33. The summed E-state index contributed by atoms with van der Waals surface area (Å²) in [7, 11) is 5.20. The first kappa shape index (κ1) is 8.78. The van der Waals surface area contributed by atoms with E-state index < -0.39 is 11.8 Å². The zero-order valence-corrected chi connectivity index (χ0v) is 6.50. The van der Waals surface area contributed by atoms with Crippen LogP contribution in [0.25, 0.3) is 0 Å². The van der Waals surface area contributed by atoms with Gasteiger partial charge in [0.2, 0.25) is 0 Å². The average molecular weight is 164 g/mol. The van der Waals surface area contributed by atoms with Crippen LogP contribution >= 0.6 is 0 Å². The average Bonchev–Trinajstić information content (AvgIpc) is 1.96. The van der Waals surface area contributed by atoms with Gasteiger partial charge in [-0.05, 0) is 6.07 Å². The zero-order valence-electron chi connectivity index (χ0n) is 6.50. The highest BCUT2D eigenvalue weighted by Crippen LogP contribution is 2.09. The smallest absolute Gasteiger partial charge is 0.308 e. The molecule has 0 saturated carbocycles. The number of ether oxygens (including phenoxy) is 1. The lowest BCUT2D eigenvalue weighted by atomic mass is 9.96. The van der Waals surface area contributed by atoms with E-state index >= 15 is 0 Å². The van der Waals surface area contributed by atoms with Crippen molar-refractivity contribution in [2.24, 2.45) is 0 Å². The van der Waals surface area contributed by atoms with Crippen LogP contribution in [0.2, 0.25) is 0 Å². The summed E-state index contributed by atoms with van der Waals surface area (Å²) in [6.07, 6.45) is 0. The highest BCUT2D eigenvalue weighted by molar-refractivity contribution is 6.32. The van der Waals surface area contributed by atoms with Crippen LogP contribution in [0, 0.1) is 5.82 Å². The van der Waals surface area contributed by atoms with Crippen molar-refractivity contribution in [1.82, 2.24) is 0 Å². The Kier molecular flexibility index (Phi) is 2.48. The molecule has 1 aromatic rings. The number of benzene rings is 1. The van der Waals surface area contributed by atoms with Gasteiger partial charge in [0.15, 0.2) is 0 Å². The molecule has 0 saturated heterocycles. The molecule has 2 radical (unpaired) electrons. The minimum Gasteiger partial charge on any atom is -0.427 e. The highest BCUT2D eigenvalue weighted by Gasteiger charge is 2.01. The van der Waals surface area contributed by atoms with E-state index in [-0.39, 0.29) is 11.2 Å². The summed E-state index contributed by atoms with van der Waals surface area (Å²) >= 11 is 0. The molecule has 0 N–H and O–H groups in total. The summed E-state index contributed by atoms with van der Waals surface area (Å²) in [4.78, 5) is 10.4. The molecule has 1 rings (SSSR count). The van der Waals surface area contributed by atoms with Crippen LogP contribution in [-0.2, 0) is 4.79 Å². The third-order valence-electron chi connectivity index (χ3n) is 1.23. The Balaban J connectivity index is 2.89. The predicted molar refractivity (Wildman–Crippen MR) is 43.1 cm³/mol. The molecule has 0 fully saturated rings. The first-order chi connectivity index (χ1) is 5.59. The summed E-state index contributed by atoms with van der Waals surface area (Å²) in [6, 6.07) is 3.84. The fourth-order valence-electron chi connectivity index (χ4n) is 0.737. The number of esters is 1. The molecular formula is C8H6BFO2. The topological polar surface area (TPSA) is 26.3 Å². The van der Waals surface area contributed by atoms with Crippen LogP contribution < -0.4 is 10.2 Å². The third-order valence-corrected chi connectivity index (χ3v) is 1.23. The number of hydrogen-bond acceptors (Lipinski definition) is 2. The molecular weight excluding hydrogens is 158 g/mol. The van der Waals surface area contributed by atoms with Gasteiger partial charge in [-0.1, -0.05) is 11.5 Å². The molecule has 0 atom stereocenters. The minimum absolute atomic E-state index is 0.0332. The minimum atomic E-state index is -0.589. The van der Waals surface area contributed by atoms with Crippen molar-refractivity contribution >= 4 is 19.3 Å². The van der Waals surface area contributed by atoms with E-state index in [2.05, 4.69) is 4.74 Å². The van der Waals surface area contributed by atoms with E-state index in [4.69, 9.17) is 7.85 Å². The Morgan fingerprint density at radius 2 is 2.25 bits per heavy atom. The second-order valence-electron chi connectivity index (χ2n) is 2.28. The van der Waals surface area contributed by atoms with Gasteiger partial charge in [0.1, 0.15) is 19.4 Å². The van der Waals surface area contributed by atoms with Crippen molar-refractivity contribution in [3.63, 3.8) is 0 Å². The van der Waals surface area contributed by atoms with Crippen LogP contribution in [-0.4, -0.2) is 13.8 Å². The number of carbonyl (C=O) groups is 1. The van der Waals surface area contributed by atoms with Gasteiger partial charge in [0, 0.05) is 13.0 Å². The first-order valence-corrected chi connectivity index (χ1v) is 3.33. The molecule has 1 aromatic carbocycles. The zero-order chi connectivity index (χ0) is 9.14. The van der Waals surface area contributed by atoms with Crippen molar-refractivity contribution in [2.45, 2.75) is 6.92 Å². The summed E-state index contributed by atoms with van der Waals surface area (Å²) in [6.45, 7) is 1.24. The third kappa shape index (κ3) is 2.08. The maximum atomic E-state index is 12.7. The quantitative estimate of drug-likeness (QED) is 0.344. The molecule has 0 unspecified atom stereocenters. The SMILES string of the molecule is [B]c1ccc(OC(C)=O)cc1F. The highest BCUT2D eigenvalue weighted by atomic mass is 19.1. The number of hydrogen-bond donors (Lipinski definition) is 0. The van der Waals surface area contributed by atoms with Gasteiger partial charge < -0.3 is 4.74 Å². The van der Waals surface area contributed by atoms with Gasteiger partial charge in [-0.15, -0.1) is 0 Å². The maximum Gasteiger partial charge on any atom is 0.308 e. The molecule has 0 bridgehead atoms. The Morgan fingerprint density at radius 1 is 1.58 bits per heavy atom. The summed E-state index contributed by atoms with van der Waals surface area (Å²) in [5, 5.41) is 0. The Morgan fingerprint density at radius 3 is 2.75 bits per heavy atom. The maximum absolute atomic E-state index is 12.7. The van der Waals surface area contributed by atoms with Crippen molar-refractivity contribution < 1.29 is 13.9 Å². The Hall–Kier alpha value is -1.32. The van der Waals surface area contributed by atoms with E-state index in [0.717, 1.165) is 6.07 Å². The van der Waals surface area contributed by atoms with Crippen LogP contribution in [0.4, 0.5) is 4.39 Å². The van der Waals surface area contributed by atoms with Gasteiger partial charge in [-0.3, -0.25) is 4.79 Å². The fraction of sp³-hybridized carbons (Fsp3) is 0.125. The fourth-order valence-corrected chi connectivity index (χ4v) is 0.737. The van der Waals surface area contributed by atoms with Crippen LogP contribution in [0.15, 0.2) is 18.2 Å². The largest absolute Gasteiger partial charge is 0.427 e. The monoisotopic (exact) mass is 164 g/mol. The van der Waals surface area contributed by atoms with Gasteiger partial charge in [0.25, 0.3) is 0 Å². The lowest BCUT2D eigenvalue weighted by Crippen LogP contribution is -2.09. The van der Waals surface area contributed by atoms with E-state index in [9.17, 15) is 9.18 Å². The molecule has 0 aliphatic carbocycles. The molecule has 0 amide bonds. The molecule has 12 heavy (non-hydrogen) atoms. The lowest BCUT2D eigenvalue weighted by molar-refractivity contribution is -0.131. The summed E-state index contributed by atoms with van der Waals surface area (Å²) in [5.41, 5.74) is 0.0332. The number of carbonyl (C=O) groups excluding carboxylic acids is 1. The normalized spacial score (nSPS) is 9.50. The van der Waals surface area contributed by atoms with Crippen LogP contribution in [0.3, 0.4) is 0 Å². The van der Waals surface area contributed by atoms with E-state index in [1.807, 2.05) is 0 Å². The number of rotatable bonds is 1. The molecule has 0 aliphatic rings. The van der Waals surface area contributed by atoms with E-state index in [1.165, 1.54) is 19.1 Å². The second-order valence-corrected chi connectivity index (χ2v) is 2.28. The molecule has 0 aliphatic heterocycles. The molecule has 4 heteroatoms. The van der Waals surface area contributed by atoms with Gasteiger partial charge in [-0.2, -0.15) is 0 Å². The van der Waals surface area contributed by atoms with E-state index in [0.29, 0.717) is 0 Å². The Labute approximate surface area is 70.8 Å². The summed E-state index contributed by atoms with van der Waals surface area (Å²) < 4.78 is 17.3. The van der Waals surface area contributed by atoms with Gasteiger partial charge >= 0.3 is 5.97 Å². The van der Waals surface area contributed by atoms with Crippen molar-refractivity contribution in [2.75, 3.05) is 0 Å². The lowest BCUT2D eigenvalue weighted by Gasteiger charge is -2.01. The molecule has 60 valence electrons. The van der Waals surface area contributed by atoms with Crippen molar-refractivity contribution in [3.05, 3.63) is 24.0 Å². The van der Waals surface area contributed by atoms with Gasteiger partial charge in [-0.25, -0.2) is 4.39 Å². The van der Waals surface area contributed by atoms with Crippen LogP contribution in [0.1, 0.15) is 6.92 Å². The second kappa shape index (κ2) is 3.39. The molecule has 0 aromatic heterocycles. The summed E-state index contributed by atoms with van der Waals surface area (Å²) in [5.74, 6) is -0.915. The van der Waals surface area contributed by atoms with E-state index in [1.54, 1.807) is 0 Å².